The van der Waals surface area contributed by atoms with Crippen LogP contribution in [0.15, 0.2) is 24.3 Å². The summed E-state index contributed by atoms with van der Waals surface area (Å²) in [6.07, 6.45) is 2.62. The second kappa shape index (κ2) is 7.98. The molecule has 2 amide bonds. The van der Waals surface area contributed by atoms with Crippen LogP contribution in [0, 0.1) is 0 Å². The Bertz CT molecular complexity index is 776. The molecule has 0 spiro atoms. The number of hydrogen-bond acceptors (Lipinski definition) is 4. The summed E-state index contributed by atoms with van der Waals surface area (Å²) in [4.78, 5) is 34.2. The Kier molecular flexibility index (Phi) is 5.68. The van der Waals surface area contributed by atoms with E-state index in [2.05, 4.69) is 15.3 Å². The van der Waals surface area contributed by atoms with Crippen molar-refractivity contribution < 1.29 is 14.3 Å². The molecule has 2 N–H and O–H groups in total. The Hall–Kier alpha value is -2.57. The number of para-hydroxylation sites is 2. The van der Waals surface area contributed by atoms with E-state index >= 15 is 0 Å². The summed E-state index contributed by atoms with van der Waals surface area (Å²) in [5.41, 5.74) is 1.42. The average Bonchev–Trinajstić information content (AvgIpc) is 3.23. The van der Waals surface area contributed by atoms with Crippen LogP contribution in [0.25, 0.3) is 11.0 Å². The van der Waals surface area contributed by atoms with Gasteiger partial charge in [-0.05, 0) is 52.2 Å². The van der Waals surface area contributed by atoms with Gasteiger partial charge in [0.1, 0.15) is 17.5 Å². The topological polar surface area (TPSA) is 87.3 Å². The van der Waals surface area contributed by atoms with Gasteiger partial charge in [0.15, 0.2) is 0 Å². The number of aromatic nitrogens is 2. The minimum absolute atomic E-state index is 0.108. The van der Waals surface area contributed by atoms with Crippen LogP contribution in [-0.4, -0.2) is 51.6 Å². The highest BCUT2D eigenvalue weighted by atomic mass is 16.6. The first kappa shape index (κ1) is 19.2. The summed E-state index contributed by atoms with van der Waals surface area (Å²) in [6, 6.07) is 7.47. The van der Waals surface area contributed by atoms with Crippen LogP contribution >= 0.6 is 0 Å². The van der Waals surface area contributed by atoms with Gasteiger partial charge in [0.05, 0.1) is 11.0 Å². The fourth-order valence-corrected chi connectivity index (χ4v) is 3.29. The quantitative estimate of drug-likeness (QED) is 0.790. The maximum Gasteiger partial charge on any atom is 0.410 e. The lowest BCUT2D eigenvalue weighted by Gasteiger charge is -2.28. The van der Waals surface area contributed by atoms with Crippen molar-refractivity contribution in [1.29, 1.82) is 0 Å². The van der Waals surface area contributed by atoms with Gasteiger partial charge >= 0.3 is 6.09 Å². The summed E-state index contributed by atoms with van der Waals surface area (Å²) in [5.74, 6) is 0.810. The third kappa shape index (κ3) is 4.99. The van der Waals surface area contributed by atoms with Crippen LogP contribution in [-0.2, 0) is 16.0 Å². The minimum atomic E-state index is -0.562. The number of rotatable bonds is 5. The predicted octanol–water partition coefficient (Wildman–Crippen LogP) is 3.01. The summed E-state index contributed by atoms with van der Waals surface area (Å²) in [6.45, 7) is 6.59. The van der Waals surface area contributed by atoms with E-state index in [1.807, 2.05) is 45.0 Å². The lowest BCUT2D eigenvalue weighted by molar-refractivity contribution is -0.125. The monoisotopic (exact) mass is 372 g/mol. The van der Waals surface area contributed by atoms with Gasteiger partial charge in [-0.3, -0.25) is 9.69 Å². The van der Waals surface area contributed by atoms with Crippen molar-refractivity contribution in [3.05, 3.63) is 30.1 Å². The van der Waals surface area contributed by atoms with Gasteiger partial charge in [0.2, 0.25) is 5.91 Å². The minimum Gasteiger partial charge on any atom is -0.444 e. The molecule has 1 aliphatic rings. The van der Waals surface area contributed by atoms with Gasteiger partial charge in [-0.15, -0.1) is 0 Å². The number of likely N-dealkylation sites (tertiary alicyclic amines) is 1. The molecule has 146 valence electrons. The Morgan fingerprint density at radius 2 is 2.11 bits per heavy atom. The first-order valence-electron chi connectivity index (χ1n) is 9.54. The van der Waals surface area contributed by atoms with E-state index in [9.17, 15) is 9.59 Å². The number of imidazole rings is 1. The molecule has 7 nitrogen and oxygen atoms in total. The molecule has 1 aliphatic heterocycles. The van der Waals surface area contributed by atoms with Gasteiger partial charge in [0, 0.05) is 19.5 Å². The second-order valence-corrected chi connectivity index (χ2v) is 7.93. The highest BCUT2D eigenvalue weighted by molar-refractivity contribution is 5.86. The Labute approximate surface area is 159 Å². The Morgan fingerprint density at radius 3 is 2.85 bits per heavy atom. The molecule has 0 saturated carbocycles. The van der Waals surface area contributed by atoms with Gasteiger partial charge in [-0.2, -0.15) is 0 Å². The first-order valence-corrected chi connectivity index (χ1v) is 9.54. The second-order valence-electron chi connectivity index (χ2n) is 7.93. The lowest BCUT2D eigenvalue weighted by atomic mass is 10.2. The van der Waals surface area contributed by atoms with E-state index in [-0.39, 0.29) is 5.91 Å². The maximum absolute atomic E-state index is 12.5. The molecule has 2 heterocycles. The van der Waals surface area contributed by atoms with E-state index in [4.69, 9.17) is 4.74 Å². The molecule has 1 aromatic carbocycles. The largest absolute Gasteiger partial charge is 0.444 e. The van der Waals surface area contributed by atoms with Gasteiger partial charge in [-0.1, -0.05) is 12.1 Å². The fourth-order valence-electron chi connectivity index (χ4n) is 3.29. The molecule has 2 aromatic rings. The van der Waals surface area contributed by atoms with Crippen molar-refractivity contribution in [1.82, 2.24) is 20.2 Å². The summed E-state index contributed by atoms with van der Waals surface area (Å²) in [7, 11) is 0. The Balaban J connectivity index is 1.46. The van der Waals surface area contributed by atoms with Crippen LogP contribution in [0.1, 0.15) is 45.9 Å². The van der Waals surface area contributed by atoms with Crippen molar-refractivity contribution in [3.63, 3.8) is 0 Å². The molecule has 0 aliphatic carbocycles. The normalized spacial score (nSPS) is 17.3. The number of H-pyrrole nitrogens is 1. The zero-order valence-corrected chi connectivity index (χ0v) is 16.2. The number of aryl methyl sites for hydroxylation is 1. The van der Waals surface area contributed by atoms with E-state index in [1.54, 1.807) is 4.90 Å². The standard InChI is InChI=1S/C20H28N4O3/c1-20(2,3)27-19(26)24-13-7-10-16(24)18(25)21-12-6-11-17-22-14-8-4-5-9-15(14)23-17/h4-5,8-9,16H,6-7,10-13H2,1-3H3,(H,21,25)(H,22,23). The number of nitrogens with one attached hydrogen (secondary N) is 2. The zero-order valence-electron chi connectivity index (χ0n) is 16.2. The van der Waals surface area contributed by atoms with Crippen LogP contribution < -0.4 is 5.32 Å². The molecular weight excluding hydrogens is 344 g/mol. The van der Waals surface area contributed by atoms with Crippen LogP contribution in [0.5, 0.6) is 0 Å². The predicted molar refractivity (Wildman–Crippen MR) is 103 cm³/mol. The summed E-state index contributed by atoms with van der Waals surface area (Å²) >= 11 is 0. The van der Waals surface area contributed by atoms with Crippen LogP contribution in [0.4, 0.5) is 4.79 Å². The first-order chi connectivity index (χ1) is 12.8. The molecular formula is C20H28N4O3. The van der Waals surface area contributed by atoms with Crippen molar-refractivity contribution in [2.45, 2.75) is 58.1 Å². The molecule has 1 fully saturated rings. The number of hydrogen-bond donors (Lipinski definition) is 2. The third-order valence-corrected chi connectivity index (χ3v) is 4.51. The van der Waals surface area contributed by atoms with E-state index in [1.165, 1.54) is 0 Å². The number of benzene rings is 1. The molecule has 0 radical (unpaired) electrons. The van der Waals surface area contributed by atoms with Crippen molar-refractivity contribution in [2.24, 2.45) is 0 Å². The lowest BCUT2D eigenvalue weighted by Crippen LogP contribution is -2.47. The molecule has 1 atom stereocenters. The number of carbonyl (C=O) groups excluding carboxylic acids is 2. The summed E-state index contributed by atoms with van der Waals surface area (Å²) in [5, 5.41) is 2.95. The maximum atomic E-state index is 12.5. The third-order valence-electron chi connectivity index (χ3n) is 4.51. The van der Waals surface area contributed by atoms with Crippen LogP contribution in [0.3, 0.4) is 0 Å². The zero-order chi connectivity index (χ0) is 19.4. The van der Waals surface area contributed by atoms with Crippen LogP contribution in [0.2, 0.25) is 0 Å². The van der Waals surface area contributed by atoms with Gasteiger partial charge < -0.3 is 15.0 Å². The number of nitrogens with zero attached hydrogens (tertiary/aromatic N) is 2. The number of aromatic amines is 1. The van der Waals surface area contributed by atoms with Crippen molar-refractivity contribution in [2.75, 3.05) is 13.1 Å². The SMILES string of the molecule is CC(C)(C)OC(=O)N1CCCC1C(=O)NCCCc1nc2ccccc2[nH]1. The smallest absolute Gasteiger partial charge is 0.410 e. The highest BCUT2D eigenvalue weighted by Crippen LogP contribution is 2.21. The number of carbonyl (C=O) groups is 2. The molecule has 3 rings (SSSR count). The summed E-state index contributed by atoms with van der Waals surface area (Å²) < 4.78 is 5.41. The van der Waals surface area contributed by atoms with E-state index in [0.717, 1.165) is 36.1 Å². The molecule has 1 aromatic heterocycles. The molecule has 27 heavy (non-hydrogen) atoms. The number of fused-ring (bicyclic) bond motifs is 1. The molecule has 1 saturated heterocycles. The van der Waals surface area contributed by atoms with E-state index in [0.29, 0.717) is 19.5 Å². The van der Waals surface area contributed by atoms with E-state index < -0.39 is 17.7 Å². The van der Waals surface area contributed by atoms with Crippen molar-refractivity contribution in [3.8, 4) is 0 Å². The Morgan fingerprint density at radius 1 is 1.33 bits per heavy atom. The van der Waals surface area contributed by atoms with Crippen molar-refractivity contribution >= 4 is 23.0 Å². The fraction of sp³-hybridized carbons (Fsp3) is 0.550. The highest BCUT2D eigenvalue weighted by Gasteiger charge is 2.36. The molecule has 1 unspecified atom stereocenters. The number of ether oxygens (including phenoxy) is 1. The average molecular weight is 372 g/mol. The molecule has 7 heteroatoms. The molecule has 0 bridgehead atoms. The van der Waals surface area contributed by atoms with Gasteiger partial charge in [0.25, 0.3) is 0 Å². The van der Waals surface area contributed by atoms with Gasteiger partial charge in [-0.25, -0.2) is 9.78 Å². The number of amides is 2.